The minimum atomic E-state index is 0.173. The standard InChI is InChI=1S/C15H19N3O/c1-4-15-17-13(9-14(16)18-15)11-5-7-12(8-6-11)19-10(2)3/h5-10H,4H2,1-3H3,(H2,16,17,18). The first-order chi connectivity index (χ1) is 9.08. The van der Waals surface area contributed by atoms with Crippen molar-refractivity contribution in [2.24, 2.45) is 0 Å². The Morgan fingerprint density at radius 1 is 1.16 bits per heavy atom. The Hall–Kier alpha value is -2.10. The maximum Gasteiger partial charge on any atom is 0.131 e. The van der Waals surface area contributed by atoms with Gasteiger partial charge in [-0.3, -0.25) is 0 Å². The highest BCUT2D eigenvalue weighted by atomic mass is 16.5. The highest BCUT2D eigenvalue weighted by Gasteiger charge is 2.05. The van der Waals surface area contributed by atoms with Gasteiger partial charge in [0, 0.05) is 18.1 Å². The lowest BCUT2D eigenvalue weighted by Crippen LogP contribution is -2.05. The molecule has 1 aromatic heterocycles. The molecule has 100 valence electrons. The number of aromatic nitrogens is 2. The van der Waals surface area contributed by atoms with E-state index in [1.165, 1.54) is 0 Å². The summed E-state index contributed by atoms with van der Waals surface area (Å²) < 4.78 is 5.62. The van der Waals surface area contributed by atoms with E-state index in [-0.39, 0.29) is 6.10 Å². The summed E-state index contributed by atoms with van der Waals surface area (Å²) in [5.41, 5.74) is 7.65. The Balaban J connectivity index is 2.29. The van der Waals surface area contributed by atoms with Crippen LogP contribution in [0.4, 0.5) is 5.82 Å². The van der Waals surface area contributed by atoms with Gasteiger partial charge in [0.1, 0.15) is 17.4 Å². The minimum Gasteiger partial charge on any atom is -0.491 e. The van der Waals surface area contributed by atoms with Crippen LogP contribution in [0.5, 0.6) is 5.75 Å². The zero-order valence-electron chi connectivity index (χ0n) is 11.6. The van der Waals surface area contributed by atoms with Gasteiger partial charge in [0.2, 0.25) is 0 Å². The van der Waals surface area contributed by atoms with Crippen molar-refractivity contribution in [1.82, 2.24) is 9.97 Å². The topological polar surface area (TPSA) is 61.0 Å². The number of hydrogen-bond acceptors (Lipinski definition) is 4. The normalized spacial score (nSPS) is 10.7. The van der Waals surface area contributed by atoms with Crippen LogP contribution in [0.15, 0.2) is 30.3 Å². The highest BCUT2D eigenvalue weighted by Crippen LogP contribution is 2.22. The Labute approximate surface area is 113 Å². The van der Waals surface area contributed by atoms with Crippen molar-refractivity contribution in [3.63, 3.8) is 0 Å². The van der Waals surface area contributed by atoms with Gasteiger partial charge in [-0.1, -0.05) is 6.92 Å². The first kappa shape index (κ1) is 13.3. The van der Waals surface area contributed by atoms with Crippen LogP contribution in [0.25, 0.3) is 11.3 Å². The molecule has 0 aliphatic rings. The smallest absolute Gasteiger partial charge is 0.131 e. The Kier molecular flexibility index (Phi) is 4.00. The molecule has 0 radical (unpaired) electrons. The van der Waals surface area contributed by atoms with Crippen molar-refractivity contribution in [2.45, 2.75) is 33.3 Å². The summed E-state index contributed by atoms with van der Waals surface area (Å²) in [5, 5.41) is 0. The van der Waals surface area contributed by atoms with Crippen LogP contribution in [-0.4, -0.2) is 16.1 Å². The summed E-state index contributed by atoms with van der Waals surface area (Å²) in [4.78, 5) is 8.66. The number of rotatable bonds is 4. The minimum absolute atomic E-state index is 0.173. The number of benzene rings is 1. The molecule has 0 spiro atoms. The largest absolute Gasteiger partial charge is 0.491 e. The molecule has 1 aromatic carbocycles. The zero-order chi connectivity index (χ0) is 13.8. The van der Waals surface area contributed by atoms with E-state index in [9.17, 15) is 0 Å². The number of anilines is 1. The lowest BCUT2D eigenvalue weighted by molar-refractivity contribution is 0.242. The fourth-order valence-corrected chi connectivity index (χ4v) is 1.80. The zero-order valence-corrected chi connectivity index (χ0v) is 11.6. The number of nitrogens with two attached hydrogens (primary N) is 1. The number of nitrogens with zero attached hydrogens (tertiary/aromatic N) is 2. The van der Waals surface area contributed by atoms with Gasteiger partial charge in [0.25, 0.3) is 0 Å². The lowest BCUT2D eigenvalue weighted by atomic mass is 10.1. The van der Waals surface area contributed by atoms with Crippen LogP contribution in [0.3, 0.4) is 0 Å². The molecule has 0 saturated heterocycles. The second kappa shape index (κ2) is 5.69. The van der Waals surface area contributed by atoms with Crippen molar-refractivity contribution < 1.29 is 4.74 Å². The lowest BCUT2D eigenvalue weighted by Gasteiger charge is -2.10. The molecule has 0 saturated carbocycles. The van der Waals surface area contributed by atoms with Crippen LogP contribution in [-0.2, 0) is 6.42 Å². The van der Waals surface area contributed by atoms with Gasteiger partial charge in [-0.2, -0.15) is 0 Å². The molecule has 2 rings (SSSR count). The molecule has 0 bridgehead atoms. The van der Waals surface area contributed by atoms with Gasteiger partial charge in [0.05, 0.1) is 11.8 Å². The van der Waals surface area contributed by atoms with Crippen LogP contribution >= 0.6 is 0 Å². The molecule has 2 aromatic rings. The predicted molar refractivity (Wildman–Crippen MR) is 77.0 cm³/mol. The number of ether oxygens (including phenoxy) is 1. The average Bonchev–Trinajstić information content (AvgIpc) is 2.38. The molecule has 1 heterocycles. The molecule has 0 fully saturated rings. The Morgan fingerprint density at radius 2 is 1.84 bits per heavy atom. The van der Waals surface area contributed by atoms with Crippen molar-refractivity contribution in [1.29, 1.82) is 0 Å². The van der Waals surface area contributed by atoms with Crippen molar-refractivity contribution in [3.8, 4) is 17.0 Å². The fraction of sp³-hybridized carbons (Fsp3) is 0.333. The predicted octanol–water partition coefficient (Wildman–Crippen LogP) is 3.08. The van der Waals surface area contributed by atoms with Gasteiger partial charge >= 0.3 is 0 Å². The summed E-state index contributed by atoms with van der Waals surface area (Å²) in [6.45, 7) is 6.03. The molecular formula is C15H19N3O. The Bertz CT molecular complexity index is 550. The van der Waals surface area contributed by atoms with E-state index in [2.05, 4.69) is 9.97 Å². The van der Waals surface area contributed by atoms with Crippen LogP contribution in [0.1, 0.15) is 26.6 Å². The van der Waals surface area contributed by atoms with Crippen molar-refractivity contribution in [3.05, 3.63) is 36.2 Å². The third-order valence-electron chi connectivity index (χ3n) is 2.63. The number of nitrogen functional groups attached to an aromatic ring is 1. The number of aryl methyl sites for hydroxylation is 1. The summed E-state index contributed by atoms with van der Waals surface area (Å²) in [5.74, 6) is 2.12. The van der Waals surface area contributed by atoms with E-state index < -0.39 is 0 Å². The summed E-state index contributed by atoms with van der Waals surface area (Å²) >= 11 is 0. The van der Waals surface area contributed by atoms with E-state index in [0.29, 0.717) is 5.82 Å². The van der Waals surface area contributed by atoms with E-state index in [4.69, 9.17) is 10.5 Å². The molecule has 2 N–H and O–H groups in total. The maximum atomic E-state index is 5.79. The number of hydrogen-bond donors (Lipinski definition) is 1. The summed E-state index contributed by atoms with van der Waals surface area (Å²) in [6.07, 6.45) is 0.944. The van der Waals surface area contributed by atoms with Gasteiger partial charge < -0.3 is 10.5 Å². The average molecular weight is 257 g/mol. The van der Waals surface area contributed by atoms with Gasteiger partial charge in [-0.15, -0.1) is 0 Å². The molecule has 0 atom stereocenters. The van der Waals surface area contributed by atoms with E-state index in [1.807, 2.05) is 45.0 Å². The summed E-state index contributed by atoms with van der Waals surface area (Å²) in [6, 6.07) is 9.65. The first-order valence-corrected chi connectivity index (χ1v) is 6.49. The molecule has 0 aliphatic carbocycles. The highest BCUT2D eigenvalue weighted by molar-refractivity contribution is 5.62. The SMILES string of the molecule is CCc1nc(N)cc(-c2ccc(OC(C)C)cc2)n1. The molecule has 19 heavy (non-hydrogen) atoms. The molecule has 0 amide bonds. The maximum absolute atomic E-state index is 5.79. The monoisotopic (exact) mass is 257 g/mol. The van der Waals surface area contributed by atoms with Gasteiger partial charge in [0.15, 0.2) is 0 Å². The third kappa shape index (κ3) is 3.44. The Morgan fingerprint density at radius 3 is 2.42 bits per heavy atom. The van der Waals surface area contributed by atoms with Crippen molar-refractivity contribution >= 4 is 5.82 Å². The van der Waals surface area contributed by atoms with E-state index in [0.717, 1.165) is 29.3 Å². The molecule has 0 aliphatic heterocycles. The van der Waals surface area contributed by atoms with Gasteiger partial charge in [-0.05, 0) is 38.1 Å². The van der Waals surface area contributed by atoms with Crippen LogP contribution in [0.2, 0.25) is 0 Å². The summed E-state index contributed by atoms with van der Waals surface area (Å²) in [7, 11) is 0. The third-order valence-corrected chi connectivity index (χ3v) is 2.63. The first-order valence-electron chi connectivity index (χ1n) is 6.49. The van der Waals surface area contributed by atoms with E-state index >= 15 is 0 Å². The second-order valence-corrected chi connectivity index (χ2v) is 4.64. The van der Waals surface area contributed by atoms with Crippen LogP contribution in [0, 0.1) is 0 Å². The quantitative estimate of drug-likeness (QED) is 0.914. The van der Waals surface area contributed by atoms with Gasteiger partial charge in [-0.25, -0.2) is 9.97 Å². The second-order valence-electron chi connectivity index (χ2n) is 4.64. The fourth-order valence-electron chi connectivity index (χ4n) is 1.80. The van der Waals surface area contributed by atoms with E-state index in [1.54, 1.807) is 6.07 Å². The molecular weight excluding hydrogens is 238 g/mol. The van der Waals surface area contributed by atoms with Crippen molar-refractivity contribution in [2.75, 3.05) is 5.73 Å². The molecule has 4 heteroatoms. The molecule has 0 unspecified atom stereocenters. The van der Waals surface area contributed by atoms with Crippen LogP contribution < -0.4 is 10.5 Å². The molecule has 4 nitrogen and oxygen atoms in total.